The molecule has 0 atom stereocenters. The van der Waals surface area contributed by atoms with Crippen LogP contribution in [0.4, 0.5) is 5.82 Å². The van der Waals surface area contributed by atoms with Crippen LogP contribution in [0.15, 0.2) is 42.7 Å². The standard InChI is InChI=1S/C18H22N4/c1-12(2)18-17(15-7-5-6-10-22(15)21-18)14-8-9-19-16(11-14)20-13(3)4/h5-13H,1-4H3,(H,19,20). The molecule has 0 aromatic carbocycles. The maximum Gasteiger partial charge on any atom is 0.126 e. The van der Waals surface area contributed by atoms with Crippen LogP contribution >= 0.6 is 0 Å². The van der Waals surface area contributed by atoms with Crippen molar-refractivity contribution in [1.82, 2.24) is 14.6 Å². The van der Waals surface area contributed by atoms with Gasteiger partial charge in [0.15, 0.2) is 0 Å². The van der Waals surface area contributed by atoms with Crippen LogP contribution in [0, 0.1) is 0 Å². The van der Waals surface area contributed by atoms with Gasteiger partial charge in [-0.15, -0.1) is 0 Å². The van der Waals surface area contributed by atoms with Crippen LogP contribution in [0.5, 0.6) is 0 Å². The lowest BCUT2D eigenvalue weighted by molar-refractivity contribution is 0.789. The van der Waals surface area contributed by atoms with Crippen molar-refractivity contribution < 1.29 is 0 Å². The minimum Gasteiger partial charge on any atom is -0.368 e. The fourth-order valence-electron chi connectivity index (χ4n) is 2.68. The molecule has 3 aromatic heterocycles. The van der Waals surface area contributed by atoms with E-state index in [4.69, 9.17) is 5.10 Å². The van der Waals surface area contributed by atoms with E-state index < -0.39 is 0 Å². The zero-order valence-electron chi connectivity index (χ0n) is 13.5. The number of pyridine rings is 2. The maximum atomic E-state index is 4.76. The second-order valence-corrected chi connectivity index (χ2v) is 6.17. The second-order valence-electron chi connectivity index (χ2n) is 6.17. The second kappa shape index (κ2) is 5.79. The van der Waals surface area contributed by atoms with Gasteiger partial charge in [-0.25, -0.2) is 9.50 Å². The van der Waals surface area contributed by atoms with E-state index in [2.05, 4.69) is 62.3 Å². The number of fused-ring (bicyclic) bond motifs is 1. The Kier molecular flexibility index (Phi) is 3.84. The van der Waals surface area contributed by atoms with Gasteiger partial charge in [-0.1, -0.05) is 19.9 Å². The lowest BCUT2D eigenvalue weighted by Gasteiger charge is -2.11. The molecule has 4 heteroatoms. The summed E-state index contributed by atoms with van der Waals surface area (Å²) in [5.74, 6) is 1.27. The molecular formula is C18H22N4. The smallest absolute Gasteiger partial charge is 0.126 e. The van der Waals surface area contributed by atoms with Crippen molar-refractivity contribution in [3.05, 3.63) is 48.4 Å². The highest BCUT2D eigenvalue weighted by molar-refractivity contribution is 5.83. The normalized spacial score (nSPS) is 11.5. The highest BCUT2D eigenvalue weighted by Crippen LogP contribution is 2.33. The Morgan fingerprint density at radius 3 is 2.64 bits per heavy atom. The first-order chi connectivity index (χ1) is 10.6. The minimum absolute atomic E-state index is 0.358. The van der Waals surface area contributed by atoms with Crippen molar-refractivity contribution in [3.63, 3.8) is 0 Å². The molecule has 1 N–H and O–H groups in total. The molecule has 3 heterocycles. The summed E-state index contributed by atoms with van der Waals surface area (Å²) in [6.07, 6.45) is 3.86. The Hall–Kier alpha value is -2.36. The van der Waals surface area contributed by atoms with Crippen molar-refractivity contribution >= 4 is 11.3 Å². The van der Waals surface area contributed by atoms with Gasteiger partial charge in [0.05, 0.1) is 11.2 Å². The summed E-state index contributed by atoms with van der Waals surface area (Å²) in [6.45, 7) is 8.59. The number of nitrogens with one attached hydrogen (secondary N) is 1. The quantitative estimate of drug-likeness (QED) is 0.778. The SMILES string of the molecule is CC(C)Nc1cc(-c2c(C(C)C)nn3ccccc23)ccn1. The maximum absolute atomic E-state index is 4.76. The van der Waals surface area contributed by atoms with E-state index in [1.807, 2.05) is 23.0 Å². The predicted molar refractivity (Wildman–Crippen MR) is 91.3 cm³/mol. The van der Waals surface area contributed by atoms with E-state index in [0.717, 1.165) is 22.6 Å². The van der Waals surface area contributed by atoms with Crippen LogP contribution < -0.4 is 5.32 Å². The zero-order chi connectivity index (χ0) is 15.7. The van der Waals surface area contributed by atoms with Crippen LogP contribution in [0.25, 0.3) is 16.6 Å². The third-order valence-electron chi connectivity index (χ3n) is 3.60. The highest BCUT2D eigenvalue weighted by atomic mass is 15.2. The summed E-state index contributed by atoms with van der Waals surface area (Å²) >= 11 is 0. The molecule has 0 bridgehead atoms. The summed E-state index contributed by atoms with van der Waals surface area (Å²) in [7, 11) is 0. The molecule has 0 aliphatic rings. The molecule has 0 saturated carbocycles. The molecule has 0 amide bonds. The zero-order valence-corrected chi connectivity index (χ0v) is 13.5. The minimum atomic E-state index is 0.358. The molecule has 0 spiro atoms. The summed E-state index contributed by atoms with van der Waals surface area (Å²) < 4.78 is 1.96. The van der Waals surface area contributed by atoms with Crippen LogP contribution in [-0.2, 0) is 0 Å². The molecule has 0 saturated heterocycles. The molecule has 0 aliphatic carbocycles. The Labute approximate surface area is 131 Å². The monoisotopic (exact) mass is 294 g/mol. The molecule has 0 unspecified atom stereocenters. The highest BCUT2D eigenvalue weighted by Gasteiger charge is 2.17. The van der Waals surface area contributed by atoms with Crippen LogP contribution in [0.1, 0.15) is 39.3 Å². The van der Waals surface area contributed by atoms with Gasteiger partial charge in [0.25, 0.3) is 0 Å². The van der Waals surface area contributed by atoms with Gasteiger partial charge in [-0.05, 0) is 49.6 Å². The van der Waals surface area contributed by atoms with Gasteiger partial charge in [0.1, 0.15) is 5.82 Å². The number of aromatic nitrogens is 3. The number of anilines is 1. The Morgan fingerprint density at radius 1 is 1.09 bits per heavy atom. The summed E-state index contributed by atoms with van der Waals surface area (Å²) in [6, 6.07) is 10.7. The van der Waals surface area contributed by atoms with Gasteiger partial charge >= 0.3 is 0 Å². The van der Waals surface area contributed by atoms with Gasteiger partial charge in [-0.2, -0.15) is 5.10 Å². The van der Waals surface area contributed by atoms with Crippen molar-refractivity contribution in [2.24, 2.45) is 0 Å². The number of rotatable bonds is 4. The van der Waals surface area contributed by atoms with E-state index in [-0.39, 0.29) is 0 Å². The topological polar surface area (TPSA) is 42.2 Å². The van der Waals surface area contributed by atoms with E-state index in [1.54, 1.807) is 0 Å². The first-order valence-electron chi connectivity index (χ1n) is 7.76. The van der Waals surface area contributed by atoms with Crippen LogP contribution in [0.3, 0.4) is 0 Å². The molecule has 0 fully saturated rings. The first kappa shape index (κ1) is 14.6. The molecule has 114 valence electrons. The molecule has 4 nitrogen and oxygen atoms in total. The van der Waals surface area contributed by atoms with Gasteiger partial charge in [0, 0.05) is 24.0 Å². The predicted octanol–water partition coefficient (Wildman–Crippen LogP) is 4.34. The van der Waals surface area contributed by atoms with E-state index >= 15 is 0 Å². The van der Waals surface area contributed by atoms with Gasteiger partial charge < -0.3 is 5.32 Å². The number of hydrogen-bond acceptors (Lipinski definition) is 3. The summed E-state index contributed by atoms with van der Waals surface area (Å²) in [4.78, 5) is 4.41. The van der Waals surface area contributed by atoms with Crippen molar-refractivity contribution in [3.8, 4) is 11.1 Å². The number of hydrogen-bond donors (Lipinski definition) is 1. The first-order valence-corrected chi connectivity index (χ1v) is 7.76. The van der Waals surface area contributed by atoms with Crippen LogP contribution in [0.2, 0.25) is 0 Å². The molecule has 3 aromatic rings. The summed E-state index contributed by atoms with van der Waals surface area (Å²) in [5.41, 5.74) is 4.61. The van der Waals surface area contributed by atoms with Crippen LogP contribution in [-0.4, -0.2) is 20.6 Å². The fourth-order valence-corrected chi connectivity index (χ4v) is 2.68. The average molecular weight is 294 g/mol. The van der Waals surface area contributed by atoms with Gasteiger partial charge in [0.2, 0.25) is 0 Å². The Morgan fingerprint density at radius 2 is 1.91 bits per heavy atom. The van der Waals surface area contributed by atoms with Crippen molar-refractivity contribution in [2.75, 3.05) is 5.32 Å². The van der Waals surface area contributed by atoms with Crippen molar-refractivity contribution in [1.29, 1.82) is 0 Å². The fraction of sp³-hybridized carbons (Fsp3) is 0.333. The third-order valence-corrected chi connectivity index (χ3v) is 3.60. The molecule has 0 radical (unpaired) electrons. The molecule has 0 aliphatic heterocycles. The van der Waals surface area contributed by atoms with E-state index in [1.165, 1.54) is 5.56 Å². The number of nitrogens with zero attached hydrogens (tertiary/aromatic N) is 3. The van der Waals surface area contributed by atoms with Gasteiger partial charge in [-0.3, -0.25) is 0 Å². The van der Waals surface area contributed by atoms with E-state index in [0.29, 0.717) is 12.0 Å². The Balaban J connectivity index is 2.18. The lowest BCUT2D eigenvalue weighted by atomic mass is 9.99. The van der Waals surface area contributed by atoms with Crippen molar-refractivity contribution in [2.45, 2.75) is 39.7 Å². The Bertz CT molecular complexity index is 787. The molecule has 3 rings (SSSR count). The molecule has 22 heavy (non-hydrogen) atoms. The average Bonchev–Trinajstić information content (AvgIpc) is 2.86. The molecular weight excluding hydrogens is 272 g/mol. The third kappa shape index (κ3) is 2.69. The summed E-state index contributed by atoms with van der Waals surface area (Å²) in [5, 5.41) is 8.12. The largest absolute Gasteiger partial charge is 0.368 e. The van der Waals surface area contributed by atoms with E-state index in [9.17, 15) is 0 Å². The lowest BCUT2D eigenvalue weighted by Crippen LogP contribution is -2.10.